The van der Waals surface area contributed by atoms with Crippen LogP contribution in [0.4, 0.5) is 10.1 Å². The number of aromatic nitrogens is 5. The molecule has 150 valence electrons. The molecule has 2 heterocycles. The summed E-state index contributed by atoms with van der Waals surface area (Å²) in [5.41, 5.74) is 0.904. The van der Waals surface area contributed by atoms with Crippen molar-refractivity contribution in [1.29, 1.82) is 0 Å². The molecule has 0 spiro atoms. The van der Waals surface area contributed by atoms with E-state index in [0.29, 0.717) is 18.1 Å². The summed E-state index contributed by atoms with van der Waals surface area (Å²) in [7, 11) is 0. The summed E-state index contributed by atoms with van der Waals surface area (Å²) in [4.78, 5) is 25.5. The zero-order chi connectivity index (χ0) is 21.1. The van der Waals surface area contributed by atoms with Gasteiger partial charge in [0.15, 0.2) is 5.82 Å². The number of benzene rings is 2. The third kappa shape index (κ3) is 3.86. The summed E-state index contributed by atoms with van der Waals surface area (Å²) < 4.78 is 16.9. The second-order valence-corrected chi connectivity index (χ2v) is 6.60. The number of rotatable bonds is 5. The van der Waals surface area contributed by atoms with Crippen LogP contribution >= 0.6 is 0 Å². The lowest BCUT2D eigenvalue weighted by atomic mass is 10.2. The van der Waals surface area contributed by atoms with Crippen LogP contribution in [0.5, 0.6) is 0 Å². The minimum Gasteiger partial charge on any atom is -0.322 e. The zero-order valence-electron chi connectivity index (χ0n) is 16.0. The molecule has 4 rings (SSSR count). The van der Waals surface area contributed by atoms with E-state index < -0.39 is 17.3 Å². The lowest BCUT2D eigenvalue weighted by Gasteiger charge is -2.10. The third-order valence-corrected chi connectivity index (χ3v) is 4.52. The minimum absolute atomic E-state index is 0.0158. The predicted octanol–water partition coefficient (Wildman–Crippen LogP) is 2.57. The van der Waals surface area contributed by atoms with Crippen molar-refractivity contribution in [3.05, 3.63) is 100.0 Å². The van der Waals surface area contributed by atoms with E-state index in [1.54, 1.807) is 19.2 Å². The summed E-state index contributed by atoms with van der Waals surface area (Å²) in [6, 6.07) is 16.6. The fourth-order valence-corrected chi connectivity index (χ4v) is 3.02. The highest BCUT2D eigenvalue weighted by Crippen LogP contribution is 2.19. The summed E-state index contributed by atoms with van der Waals surface area (Å²) in [6.45, 7) is 1.98. The molecule has 0 fully saturated rings. The molecule has 0 radical (unpaired) electrons. The molecule has 1 amide bonds. The van der Waals surface area contributed by atoms with Gasteiger partial charge in [-0.3, -0.25) is 9.59 Å². The van der Waals surface area contributed by atoms with Gasteiger partial charge in [0.25, 0.3) is 11.5 Å². The van der Waals surface area contributed by atoms with Crippen LogP contribution in [0.1, 0.15) is 21.7 Å². The Morgan fingerprint density at radius 3 is 2.63 bits per heavy atom. The van der Waals surface area contributed by atoms with Gasteiger partial charge in [0.05, 0.1) is 6.54 Å². The Morgan fingerprint density at radius 1 is 1.10 bits per heavy atom. The average molecular weight is 404 g/mol. The Labute approximate surface area is 170 Å². The summed E-state index contributed by atoms with van der Waals surface area (Å²) in [5, 5.41) is 13.6. The smallest absolute Gasteiger partial charge is 0.263 e. The molecule has 30 heavy (non-hydrogen) atoms. The van der Waals surface area contributed by atoms with Gasteiger partial charge in [-0.15, -0.1) is 5.10 Å². The number of nitrogens with zero attached hydrogens (tertiary/aromatic N) is 5. The van der Waals surface area contributed by atoms with E-state index in [0.717, 1.165) is 5.56 Å². The normalized spacial score (nSPS) is 10.7. The molecule has 0 saturated carbocycles. The molecule has 0 unspecified atom stereocenters. The van der Waals surface area contributed by atoms with Gasteiger partial charge in [-0.1, -0.05) is 30.3 Å². The van der Waals surface area contributed by atoms with E-state index in [1.807, 2.05) is 30.3 Å². The molecular formula is C21H17FN6O2. The van der Waals surface area contributed by atoms with Gasteiger partial charge in [-0.2, -0.15) is 4.68 Å². The van der Waals surface area contributed by atoms with Crippen molar-refractivity contribution in [2.24, 2.45) is 0 Å². The first-order valence-electron chi connectivity index (χ1n) is 9.12. The topological polar surface area (TPSA) is 94.7 Å². The van der Waals surface area contributed by atoms with Crippen LogP contribution in [-0.4, -0.2) is 30.7 Å². The largest absolute Gasteiger partial charge is 0.322 e. The number of pyridine rings is 1. The van der Waals surface area contributed by atoms with Gasteiger partial charge in [0, 0.05) is 11.9 Å². The minimum atomic E-state index is -0.589. The first-order chi connectivity index (χ1) is 14.5. The van der Waals surface area contributed by atoms with Crippen LogP contribution in [0, 0.1) is 12.7 Å². The standard InChI is InChI=1S/C21H17FN6O2/c1-14-24-25-26-28(14)19-12-16(9-10-18(19)22)23-20(29)17-8-5-11-27(21(17)30)13-15-6-3-2-4-7-15/h2-12H,13H2,1H3,(H,23,29). The number of aryl methyl sites for hydroxylation is 1. The highest BCUT2D eigenvalue weighted by Gasteiger charge is 2.15. The van der Waals surface area contributed by atoms with Gasteiger partial charge in [0.2, 0.25) is 0 Å². The molecule has 8 nitrogen and oxygen atoms in total. The first kappa shape index (κ1) is 19.2. The van der Waals surface area contributed by atoms with Crippen molar-refractivity contribution in [3.63, 3.8) is 0 Å². The Hall–Kier alpha value is -4.14. The van der Waals surface area contributed by atoms with E-state index >= 15 is 0 Å². The Balaban J connectivity index is 1.60. The van der Waals surface area contributed by atoms with Gasteiger partial charge >= 0.3 is 0 Å². The highest BCUT2D eigenvalue weighted by atomic mass is 19.1. The van der Waals surface area contributed by atoms with Gasteiger partial charge in [0.1, 0.15) is 17.1 Å². The summed E-state index contributed by atoms with van der Waals surface area (Å²) in [5.74, 6) is -0.744. The summed E-state index contributed by atoms with van der Waals surface area (Å²) in [6.07, 6.45) is 1.63. The molecule has 0 aliphatic heterocycles. The molecule has 0 bridgehead atoms. The van der Waals surface area contributed by atoms with E-state index in [9.17, 15) is 14.0 Å². The molecule has 9 heteroatoms. The van der Waals surface area contributed by atoms with Crippen LogP contribution in [-0.2, 0) is 6.54 Å². The Bertz CT molecular complexity index is 1270. The number of amides is 1. The predicted molar refractivity (Wildman–Crippen MR) is 108 cm³/mol. The van der Waals surface area contributed by atoms with Crippen molar-refractivity contribution in [3.8, 4) is 5.69 Å². The van der Waals surface area contributed by atoms with Crippen molar-refractivity contribution in [2.75, 3.05) is 5.32 Å². The van der Waals surface area contributed by atoms with Gasteiger partial charge in [-0.05, 0) is 53.2 Å². The molecule has 0 aliphatic rings. The maximum Gasteiger partial charge on any atom is 0.263 e. The molecule has 4 aromatic rings. The maximum absolute atomic E-state index is 14.2. The molecular weight excluding hydrogens is 387 g/mol. The second-order valence-electron chi connectivity index (χ2n) is 6.60. The van der Waals surface area contributed by atoms with Crippen LogP contribution in [0.15, 0.2) is 71.7 Å². The fraction of sp³-hybridized carbons (Fsp3) is 0.0952. The lowest BCUT2D eigenvalue weighted by Crippen LogP contribution is -2.29. The molecule has 1 N–H and O–H groups in total. The Kier molecular flexibility index (Phi) is 5.17. The molecule has 0 atom stereocenters. The first-order valence-corrected chi connectivity index (χ1v) is 9.12. The number of hydrogen-bond acceptors (Lipinski definition) is 5. The van der Waals surface area contributed by atoms with E-state index in [-0.39, 0.29) is 11.3 Å². The Morgan fingerprint density at radius 2 is 1.90 bits per heavy atom. The quantitative estimate of drug-likeness (QED) is 0.552. The third-order valence-electron chi connectivity index (χ3n) is 4.52. The molecule has 2 aromatic heterocycles. The number of anilines is 1. The van der Waals surface area contributed by atoms with E-state index in [1.165, 1.54) is 33.5 Å². The zero-order valence-corrected chi connectivity index (χ0v) is 16.0. The monoisotopic (exact) mass is 404 g/mol. The van der Waals surface area contributed by atoms with Crippen molar-refractivity contribution >= 4 is 11.6 Å². The molecule has 0 aliphatic carbocycles. The van der Waals surface area contributed by atoms with Crippen molar-refractivity contribution in [2.45, 2.75) is 13.5 Å². The lowest BCUT2D eigenvalue weighted by molar-refractivity contribution is 0.102. The molecule has 0 saturated heterocycles. The van der Waals surface area contributed by atoms with Crippen LogP contribution in [0.25, 0.3) is 5.69 Å². The van der Waals surface area contributed by atoms with Crippen LogP contribution in [0.3, 0.4) is 0 Å². The van der Waals surface area contributed by atoms with Gasteiger partial charge in [-0.25, -0.2) is 4.39 Å². The van der Waals surface area contributed by atoms with Crippen LogP contribution < -0.4 is 10.9 Å². The maximum atomic E-state index is 14.2. The number of carbonyl (C=O) groups is 1. The number of carbonyl (C=O) groups excluding carboxylic acids is 1. The van der Waals surface area contributed by atoms with Crippen molar-refractivity contribution in [1.82, 2.24) is 24.8 Å². The summed E-state index contributed by atoms with van der Waals surface area (Å²) >= 11 is 0. The second kappa shape index (κ2) is 8.08. The van der Waals surface area contributed by atoms with E-state index in [2.05, 4.69) is 20.8 Å². The molecule has 2 aromatic carbocycles. The number of nitrogens with one attached hydrogen (secondary N) is 1. The number of halogens is 1. The van der Waals surface area contributed by atoms with Crippen molar-refractivity contribution < 1.29 is 9.18 Å². The van der Waals surface area contributed by atoms with Gasteiger partial charge < -0.3 is 9.88 Å². The number of tetrazole rings is 1. The highest BCUT2D eigenvalue weighted by molar-refractivity contribution is 6.04. The fourth-order valence-electron chi connectivity index (χ4n) is 3.02. The SMILES string of the molecule is Cc1nnnn1-c1cc(NC(=O)c2cccn(Cc3ccccc3)c2=O)ccc1F. The van der Waals surface area contributed by atoms with E-state index in [4.69, 9.17) is 0 Å². The number of hydrogen-bond donors (Lipinski definition) is 1. The average Bonchev–Trinajstić information content (AvgIpc) is 3.17. The van der Waals surface area contributed by atoms with Crippen LogP contribution in [0.2, 0.25) is 0 Å².